The second-order valence-corrected chi connectivity index (χ2v) is 11.1. The van der Waals surface area contributed by atoms with E-state index in [0.717, 1.165) is 21.9 Å². The highest BCUT2D eigenvalue weighted by Crippen LogP contribution is 2.29. The number of ether oxygens (including phenoxy) is 2. The van der Waals surface area contributed by atoms with Crippen LogP contribution in [0.3, 0.4) is 0 Å². The second-order valence-electron chi connectivity index (χ2n) is 10.2. The van der Waals surface area contributed by atoms with Gasteiger partial charge in [0.25, 0.3) is 11.8 Å². The fourth-order valence-corrected chi connectivity index (χ4v) is 4.77. The molecule has 2 atom stereocenters. The molecule has 9 heteroatoms. The molecule has 0 fully saturated rings. The summed E-state index contributed by atoms with van der Waals surface area (Å²) in [7, 11) is 0. The zero-order valence-corrected chi connectivity index (χ0v) is 25.2. The Kier molecular flexibility index (Phi) is 10.8. The van der Waals surface area contributed by atoms with Crippen LogP contribution in [-0.2, 0) is 16.2 Å². The van der Waals surface area contributed by atoms with Crippen molar-refractivity contribution in [3.05, 3.63) is 106 Å². The molecule has 0 aromatic heterocycles. The molecule has 0 heterocycles. The molecule has 218 valence electrons. The SMILES string of the molecule is CC(C)C[C@H](NC(=O)[C@H](C)Oc1ccc(Cl)cc1Cl)C(=O)N/N=C\c1c(OCc2ccccc2)ccc2ccccc12. The number of amides is 2. The molecule has 4 aromatic carbocycles. The molecule has 2 N–H and O–H groups in total. The first kappa shape index (κ1) is 30.9. The van der Waals surface area contributed by atoms with Crippen LogP contribution in [0.25, 0.3) is 10.8 Å². The van der Waals surface area contributed by atoms with Crippen molar-refractivity contribution >= 4 is 52.0 Å². The van der Waals surface area contributed by atoms with Gasteiger partial charge in [-0.05, 0) is 59.9 Å². The van der Waals surface area contributed by atoms with E-state index in [4.69, 9.17) is 32.7 Å². The minimum absolute atomic E-state index is 0.128. The van der Waals surface area contributed by atoms with Crippen molar-refractivity contribution in [3.63, 3.8) is 0 Å². The van der Waals surface area contributed by atoms with Gasteiger partial charge in [-0.15, -0.1) is 0 Å². The van der Waals surface area contributed by atoms with E-state index in [1.807, 2.05) is 80.6 Å². The number of carbonyl (C=O) groups is 2. The van der Waals surface area contributed by atoms with Gasteiger partial charge in [0.15, 0.2) is 6.10 Å². The molecule has 0 spiro atoms. The minimum Gasteiger partial charge on any atom is -0.488 e. The average Bonchev–Trinajstić information content (AvgIpc) is 2.97. The predicted molar refractivity (Wildman–Crippen MR) is 168 cm³/mol. The highest BCUT2D eigenvalue weighted by atomic mass is 35.5. The molecule has 0 radical (unpaired) electrons. The molecule has 7 nitrogen and oxygen atoms in total. The van der Waals surface area contributed by atoms with Crippen LogP contribution in [0.1, 0.15) is 38.3 Å². The number of nitrogens with zero attached hydrogens (tertiary/aromatic N) is 1. The van der Waals surface area contributed by atoms with Crippen molar-refractivity contribution in [1.82, 2.24) is 10.7 Å². The summed E-state index contributed by atoms with van der Waals surface area (Å²) in [5.41, 5.74) is 4.36. The Bertz CT molecular complexity index is 1560. The number of fused-ring (bicyclic) bond motifs is 1. The van der Waals surface area contributed by atoms with E-state index in [1.54, 1.807) is 25.3 Å². The summed E-state index contributed by atoms with van der Waals surface area (Å²) in [6, 6.07) is 25.5. The Morgan fingerprint density at radius 1 is 0.881 bits per heavy atom. The maximum absolute atomic E-state index is 13.2. The fourth-order valence-electron chi connectivity index (χ4n) is 4.32. The van der Waals surface area contributed by atoms with Crippen LogP contribution in [0.4, 0.5) is 0 Å². The van der Waals surface area contributed by atoms with Gasteiger partial charge in [0, 0.05) is 10.6 Å². The number of rotatable bonds is 12. The topological polar surface area (TPSA) is 89.0 Å². The standard InChI is InChI=1S/C33H33Cl2N3O4/c1-21(2)17-29(37-32(39)22(3)42-31-16-14-25(34)18-28(31)35)33(40)38-36-19-27-26-12-8-7-11-24(26)13-15-30(27)41-20-23-9-5-4-6-10-23/h4-16,18-19,21-22,29H,17,20H2,1-3H3,(H,37,39)(H,38,40)/b36-19-/t22-,29-/m0/s1. The maximum Gasteiger partial charge on any atom is 0.262 e. The molecule has 0 unspecified atom stereocenters. The normalized spacial score (nSPS) is 12.7. The van der Waals surface area contributed by atoms with Gasteiger partial charge in [0.2, 0.25) is 0 Å². The van der Waals surface area contributed by atoms with E-state index in [-0.39, 0.29) is 10.9 Å². The molecular weight excluding hydrogens is 573 g/mol. The van der Waals surface area contributed by atoms with Gasteiger partial charge in [-0.2, -0.15) is 5.10 Å². The first-order valence-electron chi connectivity index (χ1n) is 13.6. The Morgan fingerprint density at radius 2 is 1.60 bits per heavy atom. The number of nitrogens with one attached hydrogen (secondary N) is 2. The number of carbonyl (C=O) groups excluding carboxylic acids is 2. The summed E-state index contributed by atoms with van der Waals surface area (Å²) in [6.45, 7) is 5.90. The van der Waals surface area contributed by atoms with Crippen LogP contribution < -0.4 is 20.2 Å². The van der Waals surface area contributed by atoms with Crippen molar-refractivity contribution < 1.29 is 19.1 Å². The van der Waals surface area contributed by atoms with E-state index in [0.29, 0.717) is 29.5 Å². The highest BCUT2D eigenvalue weighted by molar-refractivity contribution is 6.35. The number of benzene rings is 4. The Balaban J connectivity index is 1.47. The predicted octanol–water partition coefficient (Wildman–Crippen LogP) is 7.17. The van der Waals surface area contributed by atoms with E-state index in [2.05, 4.69) is 15.8 Å². The van der Waals surface area contributed by atoms with Gasteiger partial charge in [0.05, 0.1) is 11.2 Å². The molecule has 0 saturated heterocycles. The molecule has 42 heavy (non-hydrogen) atoms. The first-order chi connectivity index (χ1) is 20.2. The van der Waals surface area contributed by atoms with Crippen LogP contribution in [0.5, 0.6) is 11.5 Å². The molecule has 0 bridgehead atoms. The average molecular weight is 607 g/mol. The Hall–Kier alpha value is -4.07. The molecular formula is C33H33Cl2N3O4. The molecule has 0 aliphatic carbocycles. The van der Waals surface area contributed by atoms with E-state index >= 15 is 0 Å². The lowest BCUT2D eigenvalue weighted by molar-refractivity contribution is -0.132. The van der Waals surface area contributed by atoms with Crippen molar-refractivity contribution in [2.45, 2.75) is 45.9 Å². The lowest BCUT2D eigenvalue weighted by Crippen LogP contribution is -2.49. The lowest BCUT2D eigenvalue weighted by atomic mass is 10.0. The van der Waals surface area contributed by atoms with Crippen LogP contribution in [0.2, 0.25) is 10.0 Å². The van der Waals surface area contributed by atoms with Crippen LogP contribution in [-0.4, -0.2) is 30.2 Å². The van der Waals surface area contributed by atoms with Gasteiger partial charge in [0.1, 0.15) is 24.1 Å². The minimum atomic E-state index is -0.908. The monoisotopic (exact) mass is 605 g/mol. The third-order valence-corrected chi connectivity index (χ3v) is 6.97. The van der Waals surface area contributed by atoms with Gasteiger partial charge >= 0.3 is 0 Å². The van der Waals surface area contributed by atoms with Gasteiger partial charge in [-0.1, -0.05) is 97.7 Å². The molecule has 0 saturated carbocycles. The number of hydrogen-bond acceptors (Lipinski definition) is 5. The molecule has 0 aliphatic rings. The van der Waals surface area contributed by atoms with E-state index in [1.165, 1.54) is 6.07 Å². The summed E-state index contributed by atoms with van der Waals surface area (Å²) in [5, 5.41) is 9.72. The van der Waals surface area contributed by atoms with Gasteiger partial charge in [-0.25, -0.2) is 5.43 Å². The quantitative estimate of drug-likeness (QED) is 0.132. The lowest BCUT2D eigenvalue weighted by Gasteiger charge is -2.22. The Morgan fingerprint density at radius 3 is 2.33 bits per heavy atom. The molecule has 2 amide bonds. The smallest absolute Gasteiger partial charge is 0.262 e. The van der Waals surface area contributed by atoms with Gasteiger partial charge < -0.3 is 14.8 Å². The molecule has 4 rings (SSSR count). The number of hydrogen-bond donors (Lipinski definition) is 2. The van der Waals surface area contributed by atoms with Crippen molar-refractivity contribution in [3.8, 4) is 11.5 Å². The van der Waals surface area contributed by atoms with Gasteiger partial charge in [-0.3, -0.25) is 9.59 Å². The van der Waals surface area contributed by atoms with Crippen LogP contribution >= 0.6 is 23.2 Å². The fraction of sp³-hybridized carbons (Fsp3) is 0.242. The maximum atomic E-state index is 13.2. The van der Waals surface area contributed by atoms with Crippen LogP contribution in [0, 0.1) is 5.92 Å². The van der Waals surface area contributed by atoms with E-state index in [9.17, 15) is 9.59 Å². The largest absolute Gasteiger partial charge is 0.488 e. The molecule has 4 aromatic rings. The summed E-state index contributed by atoms with van der Waals surface area (Å²) in [5.74, 6) is 0.171. The first-order valence-corrected chi connectivity index (χ1v) is 14.4. The summed E-state index contributed by atoms with van der Waals surface area (Å²) in [4.78, 5) is 26.1. The van der Waals surface area contributed by atoms with Crippen molar-refractivity contribution in [1.29, 1.82) is 0 Å². The molecule has 0 aliphatic heterocycles. The Labute approximate surface area is 255 Å². The summed E-state index contributed by atoms with van der Waals surface area (Å²) < 4.78 is 11.9. The van der Waals surface area contributed by atoms with Crippen molar-refractivity contribution in [2.24, 2.45) is 11.0 Å². The highest BCUT2D eigenvalue weighted by Gasteiger charge is 2.25. The number of hydrazone groups is 1. The van der Waals surface area contributed by atoms with Crippen LogP contribution in [0.15, 0.2) is 90.0 Å². The summed E-state index contributed by atoms with van der Waals surface area (Å²) >= 11 is 12.1. The number of halogens is 2. The third kappa shape index (κ3) is 8.47. The van der Waals surface area contributed by atoms with E-state index < -0.39 is 24.0 Å². The zero-order chi connectivity index (χ0) is 30.1. The zero-order valence-electron chi connectivity index (χ0n) is 23.6. The van der Waals surface area contributed by atoms with Crippen molar-refractivity contribution in [2.75, 3.05) is 0 Å². The third-order valence-electron chi connectivity index (χ3n) is 6.44. The second kappa shape index (κ2) is 14.7. The summed E-state index contributed by atoms with van der Waals surface area (Å²) in [6.07, 6.45) is 1.07.